The molecule has 1 saturated carbocycles. The molecule has 3 atom stereocenters. The number of hydrogen-bond acceptors (Lipinski definition) is 4. The predicted molar refractivity (Wildman–Crippen MR) is 87.9 cm³/mol. The Labute approximate surface area is 140 Å². The molecule has 0 spiro atoms. The molecule has 1 amide bonds. The maximum Gasteiger partial charge on any atom is 0.254 e. The third-order valence-corrected chi connectivity index (χ3v) is 5.07. The van der Waals surface area contributed by atoms with Gasteiger partial charge < -0.3 is 19.3 Å². The number of ether oxygens (including phenoxy) is 1. The smallest absolute Gasteiger partial charge is 0.254 e. The molecule has 0 unspecified atom stereocenters. The number of carbonyl (C=O) groups is 1. The van der Waals surface area contributed by atoms with Gasteiger partial charge in [0.2, 0.25) is 0 Å². The molecular formula is C18H21N3O3. The fourth-order valence-electron chi connectivity index (χ4n) is 3.81. The lowest BCUT2D eigenvalue weighted by molar-refractivity contribution is -0.0448. The fourth-order valence-corrected chi connectivity index (χ4v) is 3.81. The molecule has 1 aromatic heterocycles. The molecule has 24 heavy (non-hydrogen) atoms. The maximum atomic E-state index is 12.9. The predicted octanol–water partition coefficient (Wildman–Crippen LogP) is 1.48. The number of benzene rings is 1. The molecule has 126 valence electrons. The van der Waals surface area contributed by atoms with Gasteiger partial charge in [0.05, 0.1) is 25.1 Å². The number of aromatic nitrogens is 2. The first kappa shape index (κ1) is 15.4. The van der Waals surface area contributed by atoms with E-state index in [1.807, 2.05) is 39.9 Å². The van der Waals surface area contributed by atoms with Gasteiger partial charge in [-0.2, -0.15) is 0 Å². The molecule has 2 heterocycles. The van der Waals surface area contributed by atoms with Crippen molar-refractivity contribution in [3.05, 3.63) is 48.5 Å². The number of rotatable bonds is 3. The van der Waals surface area contributed by atoms with Gasteiger partial charge >= 0.3 is 0 Å². The second-order valence-electron chi connectivity index (χ2n) is 6.51. The van der Waals surface area contributed by atoms with Gasteiger partial charge in [-0.05, 0) is 43.0 Å². The first-order valence-corrected chi connectivity index (χ1v) is 8.38. The second kappa shape index (κ2) is 6.37. The van der Waals surface area contributed by atoms with E-state index >= 15 is 0 Å². The second-order valence-corrected chi connectivity index (χ2v) is 6.51. The lowest BCUT2D eigenvalue weighted by atomic mass is 10.1. The Morgan fingerprint density at radius 1 is 1.29 bits per heavy atom. The van der Waals surface area contributed by atoms with Gasteiger partial charge in [-0.1, -0.05) is 0 Å². The summed E-state index contributed by atoms with van der Waals surface area (Å²) in [5, 5.41) is 9.41. The van der Waals surface area contributed by atoms with Crippen molar-refractivity contribution in [2.24, 2.45) is 5.92 Å². The van der Waals surface area contributed by atoms with Crippen LogP contribution in [-0.4, -0.2) is 57.4 Å². The van der Waals surface area contributed by atoms with E-state index in [4.69, 9.17) is 4.74 Å². The molecule has 2 fully saturated rings. The van der Waals surface area contributed by atoms with Crippen LogP contribution in [0.25, 0.3) is 5.69 Å². The number of hydrogen-bond donors (Lipinski definition) is 1. The molecular weight excluding hydrogens is 306 g/mol. The molecule has 0 radical (unpaired) electrons. The van der Waals surface area contributed by atoms with E-state index in [2.05, 4.69) is 4.98 Å². The van der Waals surface area contributed by atoms with Crippen molar-refractivity contribution in [1.82, 2.24) is 14.5 Å². The molecule has 1 aliphatic heterocycles. The molecule has 2 aliphatic rings. The third-order valence-electron chi connectivity index (χ3n) is 5.07. The van der Waals surface area contributed by atoms with Crippen molar-refractivity contribution < 1.29 is 14.6 Å². The third kappa shape index (κ3) is 2.72. The molecule has 1 aromatic carbocycles. The van der Waals surface area contributed by atoms with Crippen LogP contribution >= 0.6 is 0 Å². The van der Waals surface area contributed by atoms with Gasteiger partial charge in [0.1, 0.15) is 0 Å². The summed E-state index contributed by atoms with van der Waals surface area (Å²) in [5.41, 5.74) is 1.66. The first-order chi connectivity index (χ1) is 11.8. The summed E-state index contributed by atoms with van der Waals surface area (Å²) in [6.45, 7) is 1.34. The van der Waals surface area contributed by atoms with Crippen LogP contribution in [0.4, 0.5) is 0 Å². The van der Waals surface area contributed by atoms with Crippen molar-refractivity contribution in [3.8, 4) is 5.69 Å². The van der Waals surface area contributed by atoms with E-state index in [9.17, 15) is 9.90 Å². The molecule has 0 bridgehead atoms. The Hall–Kier alpha value is -2.18. The highest BCUT2D eigenvalue weighted by Gasteiger charge is 2.42. The highest BCUT2D eigenvalue weighted by molar-refractivity contribution is 5.94. The van der Waals surface area contributed by atoms with E-state index in [0.29, 0.717) is 18.7 Å². The van der Waals surface area contributed by atoms with Crippen LogP contribution in [-0.2, 0) is 4.74 Å². The van der Waals surface area contributed by atoms with Crippen molar-refractivity contribution in [2.45, 2.75) is 25.0 Å². The van der Waals surface area contributed by atoms with Gasteiger partial charge in [-0.25, -0.2) is 4.98 Å². The quantitative estimate of drug-likeness (QED) is 0.927. The molecule has 6 heteroatoms. The van der Waals surface area contributed by atoms with Crippen molar-refractivity contribution in [2.75, 3.05) is 19.8 Å². The number of amides is 1. The summed E-state index contributed by atoms with van der Waals surface area (Å²) in [7, 11) is 0. The summed E-state index contributed by atoms with van der Waals surface area (Å²) in [4.78, 5) is 18.9. The molecule has 6 nitrogen and oxygen atoms in total. The largest absolute Gasteiger partial charge is 0.396 e. The van der Waals surface area contributed by atoms with Crippen LogP contribution in [0.15, 0.2) is 43.0 Å². The van der Waals surface area contributed by atoms with Crippen molar-refractivity contribution in [3.63, 3.8) is 0 Å². The van der Waals surface area contributed by atoms with Crippen LogP contribution in [0.3, 0.4) is 0 Å². The van der Waals surface area contributed by atoms with Gasteiger partial charge in [0.15, 0.2) is 0 Å². The summed E-state index contributed by atoms with van der Waals surface area (Å²) >= 11 is 0. The highest BCUT2D eigenvalue weighted by atomic mass is 16.5. The van der Waals surface area contributed by atoms with E-state index in [0.717, 1.165) is 18.5 Å². The molecule has 1 aliphatic carbocycles. The van der Waals surface area contributed by atoms with Crippen LogP contribution in [0.1, 0.15) is 23.2 Å². The van der Waals surface area contributed by atoms with Crippen molar-refractivity contribution >= 4 is 5.91 Å². The minimum Gasteiger partial charge on any atom is -0.396 e. The average molecular weight is 327 g/mol. The summed E-state index contributed by atoms with van der Waals surface area (Å²) < 4.78 is 7.71. The van der Waals surface area contributed by atoms with Gasteiger partial charge in [-0.3, -0.25) is 4.79 Å². The van der Waals surface area contributed by atoms with Gasteiger partial charge in [-0.15, -0.1) is 0 Å². The maximum absolute atomic E-state index is 12.9. The van der Waals surface area contributed by atoms with E-state index in [1.54, 1.807) is 12.5 Å². The Morgan fingerprint density at radius 2 is 2.12 bits per heavy atom. The number of aliphatic hydroxyl groups is 1. The Kier molecular flexibility index (Phi) is 4.08. The molecule has 1 N–H and O–H groups in total. The number of carbonyl (C=O) groups excluding carboxylic acids is 1. The number of imidazole rings is 1. The zero-order chi connectivity index (χ0) is 16.5. The van der Waals surface area contributed by atoms with Crippen molar-refractivity contribution in [1.29, 1.82) is 0 Å². The minimum absolute atomic E-state index is 0.0454. The summed E-state index contributed by atoms with van der Waals surface area (Å²) in [6, 6.07) is 7.66. The summed E-state index contributed by atoms with van der Waals surface area (Å²) in [5.74, 6) is 0.279. The number of morpholine rings is 1. The average Bonchev–Trinajstić information content (AvgIpc) is 3.30. The Morgan fingerprint density at radius 3 is 2.83 bits per heavy atom. The van der Waals surface area contributed by atoms with Gasteiger partial charge in [0, 0.05) is 36.8 Å². The topological polar surface area (TPSA) is 67.6 Å². The lowest BCUT2D eigenvalue weighted by Crippen LogP contribution is -2.51. The van der Waals surface area contributed by atoms with E-state index < -0.39 is 0 Å². The van der Waals surface area contributed by atoms with E-state index in [-0.39, 0.29) is 30.6 Å². The highest BCUT2D eigenvalue weighted by Crippen LogP contribution is 2.34. The van der Waals surface area contributed by atoms with Crippen LogP contribution in [0.5, 0.6) is 0 Å². The molecule has 1 saturated heterocycles. The SMILES string of the molecule is O=C(c1ccc(-n2ccnc2)cc1)N1CCO[C@H]2C[C@H](CO)C[C@@H]21. The Balaban J connectivity index is 1.52. The Bertz CT molecular complexity index is 699. The zero-order valence-electron chi connectivity index (χ0n) is 13.4. The lowest BCUT2D eigenvalue weighted by Gasteiger charge is -2.37. The van der Waals surface area contributed by atoms with Crippen LogP contribution in [0, 0.1) is 5.92 Å². The number of nitrogens with zero attached hydrogens (tertiary/aromatic N) is 3. The van der Waals surface area contributed by atoms with Crippen LogP contribution in [0.2, 0.25) is 0 Å². The number of aliphatic hydroxyl groups excluding tert-OH is 1. The zero-order valence-corrected chi connectivity index (χ0v) is 13.4. The molecule has 2 aromatic rings. The fraction of sp³-hybridized carbons (Fsp3) is 0.444. The standard InChI is InChI=1S/C18H21N3O3/c22-11-13-9-16-17(10-13)24-8-7-21(16)18(23)14-1-3-15(4-2-14)20-6-5-19-12-20/h1-6,12-13,16-17,22H,7-11H2/t13-,16+,17+/m1/s1. The van der Waals surface area contributed by atoms with E-state index in [1.165, 1.54) is 0 Å². The monoisotopic (exact) mass is 327 g/mol. The summed E-state index contributed by atoms with van der Waals surface area (Å²) in [6.07, 6.45) is 7.05. The minimum atomic E-state index is 0.0454. The van der Waals surface area contributed by atoms with Crippen LogP contribution < -0.4 is 0 Å². The molecule has 4 rings (SSSR count). The normalized spacial score (nSPS) is 26.4. The number of fused-ring (bicyclic) bond motifs is 1. The first-order valence-electron chi connectivity index (χ1n) is 8.38. The van der Waals surface area contributed by atoms with Gasteiger partial charge in [0.25, 0.3) is 5.91 Å².